The zero-order chi connectivity index (χ0) is 11.1. The lowest BCUT2D eigenvalue weighted by atomic mass is 10.2. The van der Waals surface area contributed by atoms with E-state index in [-0.39, 0.29) is 18.2 Å². The van der Waals surface area contributed by atoms with E-state index < -0.39 is 0 Å². The van der Waals surface area contributed by atoms with Crippen molar-refractivity contribution in [1.82, 2.24) is 10.2 Å². The molecule has 1 amide bonds. The number of alkyl carbamates (subject to hydrolysis) is 1. The first-order chi connectivity index (χ1) is 6.41. The molecular formula is C10H22N2O2. The second-order valence-electron chi connectivity index (χ2n) is 4.09. The predicted molar refractivity (Wildman–Crippen MR) is 57.4 cm³/mol. The van der Waals surface area contributed by atoms with Crippen molar-refractivity contribution in [1.29, 1.82) is 0 Å². The second kappa shape index (κ2) is 6.65. The number of nitrogens with one attached hydrogen (secondary N) is 1. The first kappa shape index (κ1) is 13.2. The van der Waals surface area contributed by atoms with Crippen LogP contribution in [-0.4, -0.2) is 43.8 Å². The van der Waals surface area contributed by atoms with Gasteiger partial charge in [-0.15, -0.1) is 0 Å². The molecule has 0 aromatic carbocycles. The molecule has 0 aliphatic heterocycles. The van der Waals surface area contributed by atoms with Crippen molar-refractivity contribution in [2.45, 2.75) is 39.3 Å². The van der Waals surface area contributed by atoms with E-state index in [0.717, 1.165) is 13.0 Å². The summed E-state index contributed by atoms with van der Waals surface area (Å²) in [7, 11) is 4.03. The third kappa shape index (κ3) is 7.86. The predicted octanol–water partition coefficient (Wildman–Crippen LogP) is 1.46. The number of hydrogen-bond donors (Lipinski definition) is 1. The molecule has 0 spiro atoms. The van der Waals surface area contributed by atoms with E-state index in [0.29, 0.717) is 0 Å². The van der Waals surface area contributed by atoms with Crippen molar-refractivity contribution in [2.75, 3.05) is 20.6 Å². The second-order valence-corrected chi connectivity index (χ2v) is 4.09. The minimum absolute atomic E-state index is 0.0592. The van der Waals surface area contributed by atoms with Gasteiger partial charge in [0.2, 0.25) is 0 Å². The summed E-state index contributed by atoms with van der Waals surface area (Å²) in [6.45, 7) is 6.61. The molecule has 0 aromatic rings. The maximum absolute atomic E-state index is 11.2. The summed E-state index contributed by atoms with van der Waals surface area (Å²) in [5.41, 5.74) is 0. The molecule has 0 aromatic heterocycles. The standard InChI is InChI=1S/C10H22N2O2/c1-8(2)14-10(13)11-9(3)6-7-12(4)5/h8-9H,6-7H2,1-5H3,(H,11,13). The molecule has 0 bridgehead atoms. The minimum Gasteiger partial charge on any atom is -0.447 e. The van der Waals surface area contributed by atoms with Gasteiger partial charge in [0, 0.05) is 6.04 Å². The SMILES string of the molecule is CC(CCN(C)C)NC(=O)OC(C)C. The Bertz CT molecular complexity index is 170. The molecule has 0 radical (unpaired) electrons. The molecule has 84 valence electrons. The Labute approximate surface area is 86.6 Å². The third-order valence-electron chi connectivity index (χ3n) is 1.72. The molecule has 0 rings (SSSR count). The average molecular weight is 202 g/mol. The fourth-order valence-corrected chi connectivity index (χ4v) is 0.973. The van der Waals surface area contributed by atoms with Crippen LogP contribution in [0.15, 0.2) is 0 Å². The molecule has 1 atom stereocenters. The van der Waals surface area contributed by atoms with E-state index in [4.69, 9.17) is 4.74 Å². The molecule has 14 heavy (non-hydrogen) atoms. The van der Waals surface area contributed by atoms with Crippen LogP contribution < -0.4 is 5.32 Å². The lowest BCUT2D eigenvalue weighted by Crippen LogP contribution is -2.36. The number of amides is 1. The highest BCUT2D eigenvalue weighted by Gasteiger charge is 2.09. The number of carbonyl (C=O) groups is 1. The van der Waals surface area contributed by atoms with Gasteiger partial charge in [0.15, 0.2) is 0 Å². The maximum atomic E-state index is 11.2. The highest BCUT2D eigenvalue weighted by molar-refractivity contribution is 5.67. The molecule has 0 fully saturated rings. The third-order valence-corrected chi connectivity index (χ3v) is 1.72. The van der Waals surface area contributed by atoms with Gasteiger partial charge in [-0.2, -0.15) is 0 Å². The van der Waals surface area contributed by atoms with Crippen LogP contribution in [0.5, 0.6) is 0 Å². The molecule has 0 aliphatic carbocycles. The van der Waals surface area contributed by atoms with Gasteiger partial charge in [0.25, 0.3) is 0 Å². The number of carbonyl (C=O) groups excluding carboxylic acids is 1. The van der Waals surface area contributed by atoms with Crippen LogP contribution in [0.1, 0.15) is 27.2 Å². The number of ether oxygens (including phenoxy) is 1. The van der Waals surface area contributed by atoms with Crippen LogP contribution in [0, 0.1) is 0 Å². The Morgan fingerprint density at radius 1 is 1.36 bits per heavy atom. The van der Waals surface area contributed by atoms with Crippen molar-refractivity contribution in [3.8, 4) is 0 Å². The van der Waals surface area contributed by atoms with Gasteiger partial charge in [-0.3, -0.25) is 0 Å². The van der Waals surface area contributed by atoms with Crippen LogP contribution in [0.4, 0.5) is 4.79 Å². The van der Waals surface area contributed by atoms with Crippen LogP contribution in [0.3, 0.4) is 0 Å². The van der Waals surface area contributed by atoms with Gasteiger partial charge < -0.3 is 15.0 Å². The van der Waals surface area contributed by atoms with Crippen LogP contribution in [0.2, 0.25) is 0 Å². The van der Waals surface area contributed by atoms with E-state index in [9.17, 15) is 4.79 Å². The monoisotopic (exact) mass is 202 g/mol. The van der Waals surface area contributed by atoms with E-state index >= 15 is 0 Å². The average Bonchev–Trinajstić information content (AvgIpc) is 1.98. The van der Waals surface area contributed by atoms with Gasteiger partial charge in [-0.25, -0.2) is 4.79 Å². The summed E-state index contributed by atoms with van der Waals surface area (Å²) in [6, 6.07) is 0.156. The Morgan fingerprint density at radius 3 is 2.36 bits per heavy atom. The number of hydrogen-bond acceptors (Lipinski definition) is 3. The van der Waals surface area contributed by atoms with Crippen LogP contribution >= 0.6 is 0 Å². The molecule has 0 saturated carbocycles. The summed E-state index contributed by atoms with van der Waals surface area (Å²) < 4.78 is 4.96. The summed E-state index contributed by atoms with van der Waals surface area (Å²) in [6.07, 6.45) is 0.544. The van der Waals surface area contributed by atoms with Gasteiger partial charge in [-0.05, 0) is 47.8 Å². The first-order valence-electron chi connectivity index (χ1n) is 5.03. The number of nitrogens with zero attached hydrogens (tertiary/aromatic N) is 1. The van der Waals surface area contributed by atoms with Gasteiger partial charge in [0.05, 0.1) is 6.10 Å². The Kier molecular flexibility index (Phi) is 6.28. The fraction of sp³-hybridized carbons (Fsp3) is 0.900. The van der Waals surface area contributed by atoms with Crippen molar-refractivity contribution in [3.63, 3.8) is 0 Å². The molecule has 1 unspecified atom stereocenters. The normalized spacial score (nSPS) is 13.1. The Morgan fingerprint density at radius 2 is 1.93 bits per heavy atom. The van der Waals surface area contributed by atoms with E-state index in [1.807, 2.05) is 34.9 Å². The topological polar surface area (TPSA) is 41.6 Å². The fourth-order valence-electron chi connectivity index (χ4n) is 0.973. The highest BCUT2D eigenvalue weighted by atomic mass is 16.6. The Balaban J connectivity index is 3.60. The molecular weight excluding hydrogens is 180 g/mol. The maximum Gasteiger partial charge on any atom is 0.407 e. The van der Waals surface area contributed by atoms with Crippen LogP contribution in [0.25, 0.3) is 0 Å². The lowest BCUT2D eigenvalue weighted by Gasteiger charge is -2.17. The van der Waals surface area contributed by atoms with E-state index in [1.165, 1.54) is 0 Å². The van der Waals surface area contributed by atoms with Gasteiger partial charge in [0.1, 0.15) is 0 Å². The quantitative estimate of drug-likeness (QED) is 0.734. The van der Waals surface area contributed by atoms with E-state index in [1.54, 1.807) is 0 Å². The number of rotatable bonds is 5. The Hall–Kier alpha value is -0.770. The van der Waals surface area contributed by atoms with Gasteiger partial charge in [-0.1, -0.05) is 0 Å². The van der Waals surface area contributed by atoms with Crippen molar-refractivity contribution in [3.05, 3.63) is 0 Å². The molecule has 4 heteroatoms. The highest BCUT2D eigenvalue weighted by Crippen LogP contribution is 1.95. The molecule has 1 N–H and O–H groups in total. The zero-order valence-corrected chi connectivity index (χ0v) is 9.83. The summed E-state index contributed by atoms with van der Waals surface area (Å²) in [5.74, 6) is 0. The summed E-state index contributed by atoms with van der Waals surface area (Å²) in [4.78, 5) is 13.3. The largest absolute Gasteiger partial charge is 0.447 e. The van der Waals surface area contributed by atoms with Crippen LogP contribution in [-0.2, 0) is 4.74 Å². The molecule has 0 saturated heterocycles. The van der Waals surface area contributed by atoms with Crippen molar-refractivity contribution < 1.29 is 9.53 Å². The summed E-state index contributed by atoms with van der Waals surface area (Å²) in [5, 5.41) is 2.78. The smallest absolute Gasteiger partial charge is 0.407 e. The van der Waals surface area contributed by atoms with Crippen molar-refractivity contribution >= 4 is 6.09 Å². The summed E-state index contributed by atoms with van der Waals surface area (Å²) >= 11 is 0. The minimum atomic E-state index is -0.328. The molecule has 0 aliphatic rings. The van der Waals surface area contributed by atoms with Gasteiger partial charge >= 0.3 is 6.09 Å². The lowest BCUT2D eigenvalue weighted by molar-refractivity contribution is 0.112. The molecule has 4 nitrogen and oxygen atoms in total. The van der Waals surface area contributed by atoms with E-state index in [2.05, 4.69) is 10.2 Å². The zero-order valence-electron chi connectivity index (χ0n) is 9.83. The first-order valence-corrected chi connectivity index (χ1v) is 5.03. The van der Waals surface area contributed by atoms with Crippen molar-refractivity contribution in [2.24, 2.45) is 0 Å². The molecule has 0 heterocycles.